The van der Waals surface area contributed by atoms with Crippen LogP contribution in [0.5, 0.6) is 0 Å². The molecule has 5 rings (SSSR count). The maximum atomic E-state index is 13.6. The van der Waals surface area contributed by atoms with E-state index in [2.05, 4.69) is 10.6 Å². The van der Waals surface area contributed by atoms with Gasteiger partial charge >= 0.3 is 0 Å². The van der Waals surface area contributed by atoms with Gasteiger partial charge in [0.05, 0.1) is 27.6 Å². The summed E-state index contributed by atoms with van der Waals surface area (Å²) in [5.74, 6) is 1.50. The summed E-state index contributed by atoms with van der Waals surface area (Å²) in [4.78, 5) is 20.3. The van der Waals surface area contributed by atoms with Gasteiger partial charge in [-0.15, -0.1) is 0 Å². The second kappa shape index (κ2) is 8.97. The summed E-state index contributed by atoms with van der Waals surface area (Å²) in [7, 11) is 0. The van der Waals surface area contributed by atoms with Gasteiger partial charge in [0.2, 0.25) is 0 Å². The molecule has 0 saturated heterocycles. The average molecular weight is 464 g/mol. The monoisotopic (exact) mass is 463 g/mol. The number of carbonyl (C=O) groups excluding carboxylic acids is 1. The Morgan fingerprint density at radius 3 is 2.44 bits per heavy atom. The van der Waals surface area contributed by atoms with E-state index < -0.39 is 0 Å². The van der Waals surface area contributed by atoms with Gasteiger partial charge in [-0.25, -0.2) is 4.98 Å². The first-order chi connectivity index (χ1) is 15.6. The summed E-state index contributed by atoms with van der Waals surface area (Å²) in [5, 5.41) is 0.808. The predicted octanol–water partition coefficient (Wildman–Crippen LogP) is 6.60. The van der Waals surface area contributed by atoms with Crippen molar-refractivity contribution >= 4 is 40.1 Å². The summed E-state index contributed by atoms with van der Waals surface area (Å²) in [6.07, 6.45) is 2.50. The molecule has 1 aliphatic rings. The first kappa shape index (κ1) is 21.0. The molecule has 1 amide bonds. The molecule has 4 aromatic rings. The average Bonchev–Trinajstić information content (AvgIpc) is 3.57. The molecule has 0 radical (unpaired) electrons. The van der Waals surface area contributed by atoms with Crippen molar-refractivity contribution in [3.63, 3.8) is 0 Å². The smallest absolute Gasteiger partial charge is 0.254 e. The molecular formula is C26H23Cl2N3O. The Labute approximate surface area is 197 Å². The molecule has 0 spiro atoms. The molecule has 6 heteroatoms. The molecule has 32 heavy (non-hydrogen) atoms. The van der Waals surface area contributed by atoms with Gasteiger partial charge in [-0.2, -0.15) is 0 Å². The Hall–Kier alpha value is -2.82. The number of halogens is 2. The Morgan fingerprint density at radius 2 is 1.69 bits per heavy atom. The number of hydrogen-bond donors (Lipinski definition) is 0. The van der Waals surface area contributed by atoms with Gasteiger partial charge in [0.1, 0.15) is 5.82 Å². The maximum Gasteiger partial charge on any atom is 0.254 e. The second-order valence-electron chi connectivity index (χ2n) is 8.35. The molecule has 0 atom stereocenters. The van der Waals surface area contributed by atoms with Gasteiger partial charge < -0.3 is 9.47 Å². The minimum Gasteiger partial charge on any atom is -0.327 e. The molecule has 0 unspecified atom stereocenters. The van der Waals surface area contributed by atoms with Crippen molar-refractivity contribution in [2.24, 2.45) is 5.92 Å². The number of imidazole rings is 1. The highest BCUT2D eigenvalue weighted by Crippen LogP contribution is 2.33. The number of carbonyl (C=O) groups is 1. The van der Waals surface area contributed by atoms with Gasteiger partial charge in [0.25, 0.3) is 5.91 Å². The molecule has 1 fully saturated rings. The fourth-order valence-electron chi connectivity index (χ4n) is 3.99. The highest BCUT2D eigenvalue weighted by atomic mass is 35.5. The van der Waals surface area contributed by atoms with E-state index in [-0.39, 0.29) is 5.91 Å². The molecule has 0 aliphatic heterocycles. The largest absolute Gasteiger partial charge is 0.327 e. The van der Waals surface area contributed by atoms with Crippen LogP contribution in [0.25, 0.3) is 11.0 Å². The quantitative estimate of drug-likeness (QED) is 0.309. The standard InChI is InChI=1S/C26H23Cl2N3O/c27-21-13-12-20(14-22(21)28)26(32)30(15-18-6-2-1-3-7-18)17-25-29-23-8-4-5-9-24(23)31(25)16-19-10-11-19/h1-9,12-14,19H,10-11,15-17H2. The van der Waals surface area contributed by atoms with Crippen LogP contribution in [0.15, 0.2) is 72.8 Å². The van der Waals surface area contributed by atoms with Crippen molar-refractivity contribution in [1.82, 2.24) is 14.5 Å². The van der Waals surface area contributed by atoms with Gasteiger partial charge in [-0.1, -0.05) is 65.7 Å². The van der Waals surface area contributed by atoms with Crippen molar-refractivity contribution in [1.29, 1.82) is 0 Å². The third-order valence-corrected chi connectivity index (χ3v) is 6.61. The SMILES string of the molecule is O=C(c1ccc(Cl)c(Cl)c1)N(Cc1ccccc1)Cc1nc2ccccc2n1CC1CC1. The number of benzene rings is 3. The van der Waals surface area contributed by atoms with Crippen LogP contribution in [0.3, 0.4) is 0 Å². The lowest BCUT2D eigenvalue weighted by atomic mass is 10.1. The van der Waals surface area contributed by atoms with E-state index in [4.69, 9.17) is 28.2 Å². The number of hydrogen-bond acceptors (Lipinski definition) is 2. The molecule has 1 heterocycles. The number of nitrogens with zero attached hydrogens (tertiary/aromatic N) is 3. The van der Waals surface area contributed by atoms with E-state index in [0.29, 0.717) is 34.6 Å². The zero-order chi connectivity index (χ0) is 22.1. The van der Waals surface area contributed by atoms with Crippen molar-refractivity contribution < 1.29 is 4.79 Å². The van der Waals surface area contributed by atoms with Crippen LogP contribution >= 0.6 is 23.2 Å². The Balaban J connectivity index is 1.52. The summed E-state index contributed by atoms with van der Waals surface area (Å²) >= 11 is 12.3. The van der Waals surface area contributed by atoms with E-state index in [1.54, 1.807) is 18.2 Å². The van der Waals surface area contributed by atoms with Crippen molar-refractivity contribution in [2.45, 2.75) is 32.5 Å². The van der Waals surface area contributed by atoms with Crippen molar-refractivity contribution in [2.75, 3.05) is 0 Å². The first-order valence-corrected chi connectivity index (χ1v) is 11.6. The number of para-hydroxylation sites is 2. The number of amides is 1. The first-order valence-electron chi connectivity index (χ1n) is 10.8. The highest BCUT2D eigenvalue weighted by molar-refractivity contribution is 6.42. The van der Waals surface area contributed by atoms with E-state index in [0.717, 1.165) is 29.0 Å². The molecule has 1 aliphatic carbocycles. The lowest BCUT2D eigenvalue weighted by molar-refractivity contribution is 0.0723. The van der Waals surface area contributed by atoms with Crippen LogP contribution in [0.4, 0.5) is 0 Å². The minimum atomic E-state index is -0.0996. The van der Waals surface area contributed by atoms with Crippen LogP contribution < -0.4 is 0 Å². The van der Waals surface area contributed by atoms with Crippen LogP contribution in [-0.2, 0) is 19.6 Å². The van der Waals surface area contributed by atoms with Gasteiger partial charge in [-0.05, 0) is 54.7 Å². The summed E-state index contributed by atoms with van der Waals surface area (Å²) in [5.41, 5.74) is 3.66. The molecule has 1 aromatic heterocycles. The van der Waals surface area contributed by atoms with Gasteiger partial charge in [0.15, 0.2) is 0 Å². The Kier molecular flexibility index (Phi) is 5.90. The van der Waals surface area contributed by atoms with Gasteiger partial charge in [0, 0.05) is 18.7 Å². The van der Waals surface area contributed by atoms with E-state index >= 15 is 0 Å². The molecule has 0 bridgehead atoms. The predicted molar refractivity (Wildman–Crippen MR) is 129 cm³/mol. The van der Waals surface area contributed by atoms with E-state index in [1.807, 2.05) is 53.4 Å². The van der Waals surface area contributed by atoms with Crippen molar-refractivity contribution in [3.8, 4) is 0 Å². The summed E-state index contributed by atoms with van der Waals surface area (Å²) < 4.78 is 2.28. The normalized spacial score (nSPS) is 13.4. The molecular weight excluding hydrogens is 441 g/mol. The highest BCUT2D eigenvalue weighted by Gasteiger charge is 2.26. The Bertz CT molecular complexity index is 1260. The number of aromatic nitrogens is 2. The van der Waals surface area contributed by atoms with E-state index in [9.17, 15) is 4.79 Å². The van der Waals surface area contributed by atoms with E-state index in [1.165, 1.54) is 12.8 Å². The Morgan fingerprint density at radius 1 is 0.938 bits per heavy atom. The third kappa shape index (κ3) is 4.52. The molecule has 162 valence electrons. The summed E-state index contributed by atoms with van der Waals surface area (Å²) in [6, 6.07) is 23.2. The lowest BCUT2D eigenvalue weighted by Crippen LogP contribution is -2.31. The zero-order valence-corrected chi connectivity index (χ0v) is 19.1. The zero-order valence-electron chi connectivity index (χ0n) is 17.5. The van der Waals surface area contributed by atoms with Crippen molar-refractivity contribution in [3.05, 3.63) is 99.8 Å². The second-order valence-corrected chi connectivity index (χ2v) is 9.16. The van der Waals surface area contributed by atoms with Crippen LogP contribution in [0.2, 0.25) is 10.0 Å². The number of fused-ring (bicyclic) bond motifs is 1. The maximum absolute atomic E-state index is 13.6. The molecule has 4 nitrogen and oxygen atoms in total. The minimum absolute atomic E-state index is 0.0996. The molecule has 1 saturated carbocycles. The fraction of sp³-hybridized carbons (Fsp3) is 0.231. The fourth-order valence-corrected chi connectivity index (χ4v) is 4.29. The number of rotatable bonds is 7. The topological polar surface area (TPSA) is 38.1 Å². The lowest BCUT2D eigenvalue weighted by Gasteiger charge is -2.23. The van der Waals surface area contributed by atoms with Crippen LogP contribution in [-0.4, -0.2) is 20.4 Å². The van der Waals surface area contributed by atoms with Crippen LogP contribution in [0, 0.1) is 5.92 Å². The van der Waals surface area contributed by atoms with Crippen LogP contribution in [0.1, 0.15) is 34.6 Å². The van der Waals surface area contributed by atoms with Gasteiger partial charge in [-0.3, -0.25) is 4.79 Å². The molecule has 3 aromatic carbocycles. The third-order valence-electron chi connectivity index (χ3n) is 5.87. The summed E-state index contributed by atoms with van der Waals surface area (Å²) in [6.45, 7) is 1.83. The molecule has 0 N–H and O–H groups in total.